The molecule has 2 fully saturated rings. The predicted octanol–water partition coefficient (Wildman–Crippen LogP) is 4.84. The largest absolute Gasteiger partial charge is 0.467 e. The second kappa shape index (κ2) is 11.1. The van der Waals surface area contributed by atoms with E-state index in [9.17, 15) is 9.59 Å². The van der Waals surface area contributed by atoms with Crippen LogP contribution in [0.25, 0.3) is 0 Å². The third-order valence-corrected chi connectivity index (χ3v) is 7.79. The van der Waals surface area contributed by atoms with Crippen LogP contribution in [0.1, 0.15) is 47.8 Å². The molecule has 2 saturated heterocycles. The number of piperidine rings is 1. The zero-order chi connectivity index (χ0) is 24.9. The van der Waals surface area contributed by atoms with Gasteiger partial charge in [0.1, 0.15) is 6.04 Å². The van der Waals surface area contributed by atoms with Crippen molar-refractivity contribution < 1.29 is 14.3 Å². The van der Waals surface area contributed by atoms with Crippen molar-refractivity contribution in [2.24, 2.45) is 0 Å². The molecule has 2 aliphatic rings. The van der Waals surface area contributed by atoms with Gasteiger partial charge in [0.25, 0.3) is 0 Å². The molecule has 5 rings (SSSR count). The summed E-state index contributed by atoms with van der Waals surface area (Å²) in [6.07, 6.45) is 2.89. The number of likely N-dealkylation sites (tertiary alicyclic amines) is 2. The summed E-state index contributed by atoms with van der Waals surface area (Å²) < 4.78 is 5.18. The quantitative estimate of drug-likeness (QED) is 0.472. The molecule has 3 unspecified atom stereocenters. The maximum atomic E-state index is 14.2. The lowest BCUT2D eigenvalue weighted by Crippen LogP contribution is -2.45. The minimum Gasteiger partial charge on any atom is -0.467 e. The summed E-state index contributed by atoms with van der Waals surface area (Å²) in [4.78, 5) is 31.4. The standard InChI is InChI=1S/C31H34N2O3/c1-36-31(35)28-20-27(32-19-11-18-26(21-32)23-12-5-2-6-13-23)22-33(28)30(34)29(24-14-7-3-8-15-24)25-16-9-4-10-17-25/h2-10,12-17,26-29H,11,18-22H2,1H3. The number of esters is 1. The fourth-order valence-corrected chi connectivity index (χ4v) is 5.95. The van der Waals surface area contributed by atoms with Gasteiger partial charge < -0.3 is 9.64 Å². The molecule has 2 heterocycles. The van der Waals surface area contributed by atoms with Crippen molar-refractivity contribution >= 4 is 11.9 Å². The highest BCUT2D eigenvalue weighted by Crippen LogP contribution is 2.35. The van der Waals surface area contributed by atoms with E-state index in [0.29, 0.717) is 18.9 Å². The molecule has 0 spiro atoms. The molecular formula is C31H34N2O3. The summed E-state index contributed by atoms with van der Waals surface area (Å²) in [6, 6.07) is 30.0. The lowest BCUT2D eigenvalue weighted by atomic mass is 9.89. The van der Waals surface area contributed by atoms with Gasteiger partial charge in [-0.2, -0.15) is 0 Å². The van der Waals surface area contributed by atoms with Crippen molar-refractivity contribution in [3.63, 3.8) is 0 Å². The van der Waals surface area contributed by atoms with E-state index in [1.165, 1.54) is 19.1 Å². The van der Waals surface area contributed by atoms with Crippen LogP contribution in [-0.2, 0) is 14.3 Å². The SMILES string of the molecule is COC(=O)C1CC(N2CCCC(c3ccccc3)C2)CN1C(=O)C(c1ccccc1)c1ccccc1. The summed E-state index contributed by atoms with van der Waals surface area (Å²) >= 11 is 0. The first-order valence-corrected chi connectivity index (χ1v) is 12.9. The Bertz CT molecular complexity index is 1110. The van der Waals surface area contributed by atoms with Gasteiger partial charge in [-0.25, -0.2) is 4.79 Å². The first-order chi connectivity index (χ1) is 17.7. The highest BCUT2D eigenvalue weighted by Gasteiger charge is 2.45. The van der Waals surface area contributed by atoms with Crippen LogP contribution in [0.4, 0.5) is 0 Å². The monoisotopic (exact) mass is 482 g/mol. The van der Waals surface area contributed by atoms with Crippen LogP contribution >= 0.6 is 0 Å². The van der Waals surface area contributed by atoms with Crippen LogP contribution in [-0.4, -0.2) is 60.5 Å². The van der Waals surface area contributed by atoms with Crippen molar-refractivity contribution in [2.75, 3.05) is 26.7 Å². The number of amides is 1. The zero-order valence-electron chi connectivity index (χ0n) is 20.8. The van der Waals surface area contributed by atoms with E-state index in [2.05, 4.69) is 35.2 Å². The van der Waals surface area contributed by atoms with E-state index in [1.54, 1.807) is 4.90 Å². The maximum Gasteiger partial charge on any atom is 0.328 e. The Morgan fingerprint density at radius 3 is 2.00 bits per heavy atom. The van der Waals surface area contributed by atoms with Gasteiger partial charge in [0, 0.05) is 19.1 Å². The van der Waals surface area contributed by atoms with E-state index < -0.39 is 12.0 Å². The number of ether oxygens (including phenoxy) is 1. The minimum atomic E-state index is -0.570. The summed E-state index contributed by atoms with van der Waals surface area (Å²) in [7, 11) is 1.41. The summed E-state index contributed by atoms with van der Waals surface area (Å²) in [5.74, 6) is -0.358. The highest BCUT2D eigenvalue weighted by atomic mass is 16.5. The second-order valence-corrected chi connectivity index (χ2v) is 9.92. The topological polar surface area (TPSA) is 49.9 Å². The van der Waals surface area contributed by atoms with E-state index in [1.807, 2.05) is 60.7 Å². The van der Waals surface area contributed by atoms with Gasteiger partial charge in [-0.15, -0.1) is 0 Å². The van der Waals surface area contributed by atoms with Crippen molar-refractivity contribution in [1.29, 1.82) is 0 Å². The zero-order valence-corrected chi connectivity index (χ0v) is 20.8. The van der Waals surface area contributed by atoms with E-state index in [4.69, 9.17) is 4.74 Å². The molecule has 0 bridgehead atoms. The Balaban J connectivity index is 1.41. The first-order valence-electron chi connectivity index (χ1n) is 12.9. The third-order valence-electron chi connectivity index (χ3n) is 7.79. The van der Waals surface area contributed by atoms with Gasteiger partial charge in [-0.05, 0) is 48.4 Å². The normalized spacial score (nSPS) is 22.5. The molecule has 1 amide bonds. The number of benzene rings is 3. The van der Waals surface area contributed by atoms with Gasteiger partial charge in [0.15, 0.2) is 0 Å². The molecule has 0 saturated carbocycles. The molecule has 0 radical (unpaired) electrons. The molecule has 3 aromatic rings. The Labute approximate surface area is 213 Å². The number of methoxy groups -OCH3 is 1. The predicted molar refractivity (Wildman–Crippen MR) is 141 cm³/mol. The van der Waals surface area contributed by atoms with Gasteiger partial charge >= 0.3 is 5.97 Å². The van der Waals surface area contributed by atoms with Crippen LogP contribution in [0.2, 0.25) is 0 Å². The Kier molecular flexibility index (Phi) is 7.47. The number of nitrogens with zero attached hydrogens (tertiary/aromatic N) is 2. The van der Waals surface area contributed by atoms with E-state index >= 15 is 0 Å². The van der Waals surface area contributed by atoms with E-state index in [0.717, 1.165) is 30.6 Å². The van der Waals surface area contributed by atoms with Crippen LogP contribution in [0.5, 0.6) is 0 Å². The molecule has 5 heteroatoms. The van der Waals surface area contributed by atoms with Crippen molar-refractivity contribution in [2.45, 2.75) is 43.2 Å². The van der Waals surface area contributed by atoms with Crippen LogP contribution in [0.15, 0.2) is 91.0 Å². The molecule has 3 aromatic carbocycles. The third kappa shape index (κ3) is 5.07. The van der Waals surface area contributed by atoms with Crippen molar-refractivity contribution in [1.82, 2.24) is 9.80 Å². The van der Waals surface area contributed by atoms with Gasteiger partial charge in [0.2, 0.25) is 5.91 Å². The van der Waals surface area contributed by atoms with Gasteiger partial charge in [0.05, 0.1) is 13.0 Å². The minimum absolute atomic E-state index is 0.0399. The molecule has 0 N–H and O–H groups in total. The van der Waals surface area contributed by atoms with E-state index in [-0.39, 0.29) is 17.9 Å². The van der Waals surface area contributed by atoms with Gasteiger partial charge in [-0.3, -0.25) is 9.69 Å². The Morgan fingerprint density at radius 2 is 1.42 bits per heavy atom. The second-order valence-electron chi connectivity index (χ2n) is 9.92. The number of carbonyl (C=O) groups is 2. The van der Waals surface area contributed by atoms with Crippen molar-refractivity contribution in [3.8, 4) is 0 Å². The number of rotatable bonds is 6. The Morgan fingerprint density at radius 1 is 0.833 bits per heavy atom. The fraction of sp³-hybridized carbons (Fsp3) is 0.355. The highest BCUT2D eigenvalue weighted by molar-refractivity contribution is 5.91. The number of carbonyl (C=O) groups excluding carboxylic acids is 2. The summed E-state index contributed by atoms with van der Waals surface area (Å²) in [6.45, 7) is 2.48. The average Bonchev–Trinajstić information content (AvgIpc) is 3.40. The lowest BCUT2D eigenvalue weighted by Gasteiger charge is -2.37. The van der Waals surface area contributed by atoms with Crippen molar-refractivity contribution in [3.05, 3.63) is 108 Å². The summed E-state index contributed by atoms with van der Waals surface area (Å²) in [5.41, 5.74) is 3.23. The average molecular weight is 483 g/mol. The summed E-state index contributed by atoms with van der Waals surface area (Å²) in [5, 5.41) is 0. The Hall–Kier alpha value is -3.44. The van der Waals surface area contributed by atoms with Crippen LogP contribution < -0.4 is 0 Å². The molecular weight excluding hydrogens is 448 g/mol. The molecule has 5 nitrogen and oxygen atoms in total. The molecule has 0 aromatic heterocycles. The molecule has 36 heavy (non-hydrogen) atoms. The molecule has 0 aliphatic carbocycles. The maximum absolute atomic E-state index is 14.2. The number of hydrogen-bond acceptors (Lipinski definition) is 4. The van der Waals surface area contributed by atoms with Crippen LogP contribution in [0, 0.1) is 0 Å². The van der Waals surface area contributed by atoms with Crippen LogP contribution in [0.3, 0.4) is 0 Å². The van der Waals surface area contributed by atoms with Gasteiger partial charge in [-0.1, -0.05) is 91.0 Å². The fourth-order valence-electron chi connectivity index (χ4n) is 5.95. The lowest BCUT2D eigenvalue weighted by molar-refractivity contribution is -0.151. The number of hydrogen-bond donors (Lipinski definition) is 0. The molecule has 3 atom stereocenters. The molecule has 186 valence electrons. The smallest absolute Gasteiger partial charge is 0.328 e. The first kappa shape index (κ1) is 24.3. The molecule has 2 aliphatic heterocycles.